The Kier molecular flexibility index (Phi) is 3.24. The van der Waals surface area contributed by atoms with E-state index in [-0.39, 0.29) is 11.8 Å². The summed E-state index contributed by atoms with van der Waals surface area (Å²) in [5.41, 5.74) is 8.65. The van der Waals surface area contributed by atoms with Crippen LogP contribution in [0.1, 0.15) is 18.1 Å². The van der Waals surface area contributed by atoms with Crippen molar-refractivity contribution in [1.82, 2.24) is 5.01 Å². The molecule has 1 aromatic rings. The van der Waals surface area contributed by atoms with Gasteiger partial charge in [0.2, 0.25) is 0 Å². The van der Waals surface area contributed by atoms with Crippen LogP contribution in [0.2, 0.25) is 0 Å². The number of nitrogens with two attached hydrogens (primary N) is 1. The normalized spacial score (nSPS) is 19.7. The van der Waals surface area contributed by atoms with Gasteiger partial charge in [-0.3, -0.25) is 4.79 Å². The smallest absolute Gasteiger partial charge is 0.253 e. The van der Waals surface area contributed by atoms with E-state index in [4.69, 9.17) is 5.73 Å². The monoisotopic (exact) mass is 231 g/mol. The molecule has 0 spiro atoms. The molecule has 90 valence electrons. The van der Waals surface area contributed by atoms with Gasteiger partial charge < -0.3 is 5.73 Å². The lowest BCUT2D eigenvalue weighted by molar-refractivity contribution is -0.132. The van der Waals surface area contributed by atoms with Gasteiger partial charge >= 0.3 is 0 Å². The molecule has 0 saturated carbocycles. The van der Waals surface area contributed by atoms with Crippen LogP contribution in [0.4, 0.5) is 0 Å². The lowest BCUT2D eigenvalue weighted by Crippen LogP contribution is -2.31. The van der Waals surface area contributed by atoms with Crippen LogP contribution >= 0.6 is 0 Å². The van der Waals surface area contributed by atoms with Gasteiger partial charge in [0.15, 0.2) is 0 Å². The van der Waals surface area contributed by atoms with Gasteiger partial charge in [-0.05, 0) is 19.4 Å². The molecule has 4 nitrogen and oxygen atoms in total. The molecule has 1 aliphatic rings. The molecule has 1 unspecified atom stereocenters. The van der Waals surface area contributed by atoms with Crippen molar-refractivity contribution in [3.05, 3.63) is 35.4 Å². The van der Waals surface area contributed by atoms with Crippen molar-refractivity contribution in [3.63, 3.8) is 0 Å². The molecule has 0 fully saturated rings. The summed E-state index contributed by atoms with van der Waals surface area (Å²) in [6.45, 7) is 4.74. The third-order valence-electron chi connectivity index (χ3n) is 2.99. The number of hydrogen-bond acceptors (Lipinski definition) is 3. The summed E-state index contributed by atoms with van der Waals surface area (Å²) >= 11 is 0. The van der Waals surface area contributed by atoms with E-state index in [0.29, 0.717) is 13.1 Å². The van der Waals surface area contributed by atoms with E-state index in [1.165, 1.54) is 10.6 Å². The molecule has 0 bridgehead atoms. The Labute approximate surface area is 101 Å². The van der Waals surface area contributed by atoms with E-state index in [1.54, 1.807) is 0 Å². The van der Waals surface area contributed by atoms with E-state index < -0.39 is 0 Å². The molecule has 2 N–H and O–H groups in total. The van der Waals surface area contributed by atoms with Crippen molar-refractivity contribution in [2.24, 2.45) is 16.8 Å². The second-order valence-corrected chi connectivity index (χ2v) is 4.41. The first-order valence-electron chi connectivity index (χ1n) is 5.74. The summed E-state index contributed by atoms with van der Waals surface area (Å²) in [5.74, 6) is -0.230. The summed E-state index contributed by atoms with van der Waals surface area (Å²) in [4.78, 5) is 12.0. The largest absolute Gasteiger partial charge is 0.329 e. The minimum atomic E-state index is -0.236. The highest BCUT2D eigenvalue weighted by Gasteiger charge is 2.31. The molecule has 0 radical (unpaired) electrons. The fourth-order valence-corrected chi connectivity index (χ4v) is 2.04. The summed E-state index contributed by atoms with van der Waals surface area (Å²) in [7, 11) is 0. The van der Waals surface area contributed by atoms with Crippen LogP contribution < -0.4 is 5.73 Å². The zero-order valence-electron chi connectivity index (χ0n) is 10.2. The maximum Gasteiger partial charge on any atom is 0.253 e. The van der Waals surface area contributed by atoms with Crippen molar-refractivity contribution in [1.29, 1.82) is 0 Å². The Morgan fingerprint density at radius 2 is 2.18 bits per heavy atom. The van der Waals surface area contributed by atoms with Crippen LogP contribution in [-0.4, -0.2) is 23.2 Å². The highest BCUT2D eigenvalue weighted by molar-refractivity contribution is 6.07. The minimum absolute atomic E-state index is 0.00602. The molecule has 0 aromatic heterocycles. The van der Waals surface area contributed by atoms with E-state index >= 15 is 0 Å². The standard InChI is InChI=1S/C13H17N3O/c1-9-4-3-5-11(6-9)8-16-13(17)12(7-14)10(2)15-16/h3-6,12H,7-8,14H2,1-2H3. The first kappa shape index (κ1) is 11.8. The number of nitrogens with zero attached hydrogens (tertiary/aromatic N) is 2. The number of rotatable bonds is 3. The Morgan fingerprint density at radius 3 is 2.76 bits per heavy atom. The van der Waals surface area contributed by atoms with Crippen LogP contribution in [0.3, 0.4) is 0 Å². The number of aryl methyl sites for hydroxylation is 1. The third kappa shape index (κ3) is 2.36. The Hall–Kier alpha value is -1.68. The van der Waals surface area contributed by atoms with Gasteiger partial charge in [-0.15, -0.1) is 0 Å². The van der Waals surface area contributed by atoms with Crippen molar-refractivity contribution in [2.45, 2.75) is 20.4 Å². The van der Waals surface area contributed by atoms with Crippen molar-refractivity contribution in [3.8, 4) is 0 Å². The van der Waals surface area contributed by atoms with Crippen LogP contribution in [0, 0.1) is 12.8 Å². The number of carbonyl (C=O) groups is 1. The van der Waals surface area contributed by atoms with Crippen LogP contribution in [0.15, 0.2) is 29.4 Å². The number of hydrazone groups is 1. The maximum absolute atomic E-state index is 12.0. The lowest BCUT2D eigenvalue weighted by atomic mass is 10.1. The average Bonchev–Trinajstić information content (AvgIpc) is 2.54. The van der Waals surface area contributed by atoms with Crippen LogP contribution in [0.5, 0.6) is 0 Å². The van der Waals surface area contributed by atoms with E-state index in [0.717, 1.165) is 11.3 Å². The molecule has 0 saturated heterocycles. The molecule has 17 heavy (non-hydrogen) atoms. The quantitative estimate of drug-likeness (QED) is 0.852. The molecule has 1 heterocycles. The Bertz CT molecular complexity index is 467. The zero-order chi connectivity index (χ0) is 12.4. The predicted octanol–water partition coefficient (Wildman–Crippen LogP) is 1.29. The SMILES string of the molecule is CC1=NN(Cc2cccc(C)c2)C(=O)C1CN. The minimum Gasteiger partial charge on any atom is -0.329 e. The maximum atomic E-state index is 12.0. The fourth-order valence-electron chi connectivity index (χ4n) is 2.04. The topological polar surface area (TPSA) is 58.7 Å². The fraction of sp³-hybridized carbons (Fsp3) is 0.385. The third-order valence-corrected chi connectivity index (χ3v) is 2.99. The molecule has 4 heteroatoms. The van der Waals surface area contributed by atoms with Gasteiger partial charge in [-0.2, -0.15) is 5.10 Å². The number of hydrogen-bond donors (Lipinski definition) is 1. The highest BCUT2D eigenvalue weighted by atomic mass is 16.2. The van der Waals surface area contributed by atoms with Gasteiger partial charge in [-0.25, -0.2) is 5.01 Å². The molecule has 0 aliphatic carbocycles. The Balaban J connectivity index is 2.13. The zero-order valence-corrected chi connectivity index (χ0v) is 10.2. The van der Waals surface area contributed by atoms with Crippen LogP contribution in [0.25, 0.3) is 0 Å². The first-order valence-corrected chi connectivity index (χ1v) is 5.74. The summed E-state index contributed by atoms with van der Waals surface area (Å²) in [5, 5.41) is 5.78. The van der Waals surface area contributed by atoms with Crippen LogP contribution in [-0.2, 0) is 11.3 Å². The lowest BCUT2D eigenvalue weighted by Gasteiger charge is -2.13. The van der Waals surface area contributed by atoms with Gasteiger partial charge in [0, 0.05) is 12.3 Å². The average molecular weight is 231 g/mol. The molecule has 1 atom stereocenters. The predicted molar refractivity (Wildman–Crippen MR) is 67.4 cm³/mol. The summed E-state index contributed by atoms with van der Waals surface area (Å²) in [6.07, 6.45) is 0. The van der Waals surface area contributed by atoms with Crippen molar-refractivity contribution < 1.29 is 4.79 Å². The highest BCUT2D eigenvalue weighted by Crippen LogP contribution is 2.18. The van der Waals surface area contributed by atoms with Crippen molar-refractivity contribution in [2.75, 3.05) is 6.54 Å². The number of carbonyl (C=O) groups excluding carboxylic acids is 1. The molecule has 1 amide bonds. The molecule has 1 aliphatic heterocycles. The molecule has 1 aromatic carbocycles. The van der Waals surface area contributed by atoms with Gasteiger partial charge in [0.1, 0.15) is 0 Å². The second-order valence-electron chi connectivity index (χ2n) is 4.41. The molecular weight excluding hydrogens is 214 g/mol. The Morgan fingerprint density at radius 1 is 1.41 bits per heavy atom. The number of amides is 1. The van der Waals surface area contributed by atoms with E-state index in [1.807, 2.05) is 32.0 Å². The second kappa shape index (κ2) is 4.67. The summed E-state index contributed by atoms with van der Waals surface area (Å²) < 4.78 is 0. The number of benzene rings is 1. The first-order chi connectivity index (χ1) is 8.11. The molecule has 2 rings (SSSR count). The van der Waals surface area contributed by atoms with Crippen molar-refractivity contribution >= 4 is 11.6 Å². The van der Waals surface area contributed by atoms with Gasteiger partial charge in [0.25, 0.3) is 5.91 Å². The van der Waals surface area contributed by atoms with Gasteiger partial charge in [0.05, 0.1) is 12.5 Å². The van der Waals surface area contributed by atoms with Gasteiger partial charge in [-0.1, -0.05) is 29.8 Å². The van der Waals surface area contributed by atoms with E-state index in [2.05, 4.69) is 11.2 Å². The summed E-state index contributed by atoms with van der Waals surface area (Å²) in [6, 6.07) is 8.09. The van der Waals surface area contributed by atoms with E-state index in [9.17, 15) is 4.79 Å². The molecular formula is C13H17N3O.